The Kier molecular flexibility index (Phi) is 7.03. The molecule has 6 atom stereocenters. The Labute approximate surface area is 237 Å². The molecule has 2 aliphatic carbocycles. The summed E-state index contributed by atoms with van der Waals surface area (Å²) in [6, 6.07) is 4.19. The summed E-state index contributed by atoms with van der Waals surface area (Å²) < 4.78 is 18.0. The Morgan fingerprint density at radius 3 is 2.34 bits per heavy atom. The molecule has 0 spiro atoms. The fraction of sp³-hybridized carbons (Fsp3) is 0.500. The van der Waals surface area contributed by atoms with E-state index in [0.717, 1.165) is 0 Å². The van der Waals surface area contributed by atoms with Gasteiger partial charge in [-0.2, -0.15) is 0 Å². The maximum atomic E-state index is 13.8. The number of likely N-dealkylation sites (N-methyl/N-ethyl adjacent to an activating group) is 1. The predicted octanol–water partition coefficient (Wildman–Crippen LogP) is 1.78. The number of hydrogen-bond donors (Lipinski definition) is 4. The van der Waals surface area contributed by atoms with Crippen LogP contribution in [-0.4, -0.2) is 101 Å². The van der Waals surface area contributed by atoms with E-state index in [1.54, 1.807) is 6.92 Å². The van der Waals surface area contributed by atoms with Crippen molar-refractivity contribution in [1.82, 2.24) is 0 Å². The Morgan fingerprint density at radius 1 is 1.07 bits per heavy atom. The number of aliphatic hydroxyl groups excluding tert-OH is 1. The number of Topliss-reactive ketones (excluding diaryl/α,β-unsaturated/α-hetero) is 1. The minimum absolute atomic E-state index is 0.00330. The van der Waals surface area contributed by atoms with Gasteiger partial charge in [0.1, 0.15) is 35.0 Å². The summed E-state index contributed by atoms with van der Waals surface area (Å²) in [5.41, 5.74) is -2.91. The average Bonchev–Trinajstić information content (AvgIpc) is 2.89. The maximum Gasteiger partial charge on any atom is 0.202 e. The van der Waals surface area contributed by atoms with Crippen LogP contribution in [0.2, 0.25) is 0 Å². The summed E-state index contributed by atoms with van der Waals surface area (Å²) in [6.07, 6.45) is -3.97. The van der Waals surface area contributed by atoms with Crippen molar-refractivity contribution < 1.29 is 53.5 Å². The number of nitrogens with zero attached hydrogens (tertiary/aromatic N) is 1. The van der Waals surface area contributed by atoms with Gasteiger partial charge in [-0.15, -0.1) is 0 Å². The number of quaternary nitrogens is 1. The third-order valence-electron chi connectivity index (χ3n) is 8.72. The van der Waals surface area contributed by atoms with Gasteiger partial charge < -0.3 is 39.1 Å². The highest BCUT2D eigenvalue weighted by molar-refractivity contribution is 6.31. The van der Waals surface area contributed by atoms with Crippen molar-refractivity contribution in [3.8, 4) is 17.2 Å². The van der Waals surface area contributed by atoms with Gasteiger partial charge in [0, 0.05) is 29.5 Å². The van der Waals surface area contributed by atoms with Crippen molar-refractivity contribution in [3.05, 3.63) is 51.6 Å². The summed E-state index contributed by atoms with van der Waals surface area (Å²) >= 11 is 0. The number of fused-ring (bicyclic) bond motifs is 3. The lowest BCUT2D eigenvalue weighted by atomic mass is 9.72. The number of carbonyl (C=O) groups is 3. The largest absolute Gasteiger partial charge is 0.507 e. The number of ketones is 3. The molecular weight excluding hydrogens is 534 g/mol. The van der Waals surface area contributed by atoms with E-state index in [9.17, 15) is 34.8 Å². The fourth-order valence-corrected chi connectivity index (χ4v) is 6.37. The van der Waals surface area contributed by atoms with Crippen LogP contribution in [0.3, 0.4) is 0 Å². The Bertz CT molecular complexity index is 1460. The molecule has 11 heteroatoms. The van der Waals surface area contributed by atoms with E-state index in [1.807, 2.05) is 21.1 Å². The highest BCUT2D eigenvalue weighted by Gasteiger charge is 2.50. The number of rotatable bonds is 5. The van der Waals surface area contributed by atoms with Gasteiger partial charge in [-0.25, -0.2) is 0 Å². The monoisotopic (exact) mass is 570 g/mol. The molecule has 0 aromatic heterocycles. The van der Waals surface area contributed by atoms with Crippen molar-refractivity contribution in [1.29, 1.82) is 0 Å². The number of aromatic hydroxyl groups is 2. The van der Waals surface area contributed by atoms with Gasteiger partial charge in [0.25, 0.3) is 0 Å². The predicted molar refractivity (Wildman–Crippen MR) is 144 cm³/mol. The van der Waals surface area contributed by atoms with Crippen LogP contribution in [0.15, 0.2) is 18.2 Å². The third kappa shape index (κ3) is 4.52. The average molecular weight is 571 g/mol. The molecule has 2 aromatic carbocycles. The number of aliphatic hydroxyl groups is 2. The summed E-state index contributed by atoms with van der Waals surface area (Å²) in [4.78, 5) is 40.0. The lowest BCUT2D eigenvalue weighted by molar-refractivity contribution is -0.903. The van der Waals surface area contributed by atoms with Gasteiger partial charge in [0.15, 0.2) is 17.9 Å². The molecule has 0 radical (unpaired) electrons. The quantitative estimate of drug-likeness (QED) is 0.263. The van der Waals surface area contributed by atoms with E-state index >= 15 is 0 Å². The van der Waals surface area contributed by atoms with Crippen molar-refractivity contribution in [2.45, 2.75) is 69.4 Å². The first-order chi connectivity index (χ1) is 19.1. The SMILES string of the molecule is COc1cccc2c1C(=O)c1c(O)c3c(c(O)c1C2=O)C[C@@](O)(C(C)=O)C[C@@H]3O[C@@H]1C[C@H]([N+](C)(C)C)[C@H](O)[C@H](C)O1. The molecule has 1 fully saturated rings. The molecule has 1 saturated heterocycles. The van der Waals surface area contributed by atoms with Gasteiger partial charge in [0.2, 0.25) is 5.78 Å². The minimum Gasteiger partial charge on any atom is -0.507 e. The van der Waals surface area contributed by atoms with Crippen LogP contribution in [0.4, 0.5) is 0 Å². The molecule has 0 unspecified atom stereocenters. The number of benzene rings is 2. The number of phenolic OH excluding ortho intramolecular Hbond substituents is 2. The number of hydrogen-bond acceptors (Lipinski definition) is 10. The van der Waals surface area contributed by atoms with Crippen LogP contribution in [0.5, 0.6) is 17.2 Å². The van der Waals surface area contributed by atoms with Gasteiger partial charge in [-0.05, 0) is 19.9 Å². The summed E-state index contributed by atoms with van der Waals surface area (Å²) in [5, 5.41) is 45.2. The first kappa shape index (κ1) is 29.2. The van der Waals surface area contributed by atoms with E-state index in [2.05, 4.69) is 0 Å². The lowest BCUT2D eigenvalue weighted by Crippen LogP contribution is -2.60. The molecule has 4 N–H and O–H groups in total. The Balaban J connectivity index is 1.66. The van der Waals surface area contributed by atoms with Crippen LogP contribution in [0, 0.1) is 0 Å². The summed E-state index contributed by atoms with van der Waals surface area (Å²) in [5.74, 6) is -3.07. The van der Waals surface area contributed by atoms with E-state index in [-0.39, 0.29) is 46.9 Å². The first-order valence-electron chi connectivity index (χ1n) is 13.5. The van der Waals surface area contributed by atoms with Crippen LogP contribution in [0.1, 0.15) is 75.8 Å². The summed E-state index contributed by atoms with van der Waals surface area (Å²) in [6.45, 7) is 2.91. The molecule has 41 heavy (non-hydrogen) atoms. The van der Waals surface area contributed by atoms with Crippen LogP contribution < -0.4 is 4.74 Å². The van der Waals surface area contributed by atoms with Crippen molar-refractivity contribution in [3.63, 3.8) is 0 Å². The number of phenols is 2. The van der Waals surface area contributed by atoms with Crippen LogP contribution >= 0.6 is 0 Å². The fourth-order valence-electron chi connectivity index (χ4n) is 6.37. The van der Waals surface area contributed by atoms with Crippen molar-refractivity contribution in [2.75, 3.05) is 28.3 Å². The van der Waals surface area contributed by atoms with Crippen molar-refractivity contribution >= 4 is 17.3 Å². The number of ether oxygens (including phenoxy) is 3. The highest BCUT2D eigenvalue weighted by Crippen LogP contribution is 2.52. The van der Waals surface area contributed by atoms with E-state index in [1.165, 1.54) is 32.2 Å². The molecular formula is C30H36NO10+. The van der Waals surface area contributed by atoms with Crippen LogP contribution in [-0.2, 0) is 20.7 Å². The smallest absolute Gasteiger partial charge is 0.202 e. The zero-order valence-electron chi connectivity index (χ0n) is 23.9. The molecule has 0 bridgehead atoms. The van der Waals surface area contributed by atoms with E-state index in [4.69, 9.17) is 14.2 Å². The van der Waals surface area contributed by atoms with Crippen LogP contribution in [0.25, 0.3) is 0 Å². The topological polar surface area (TPSA) is 160 Å². The Hall–Kier alpha value is -3.35. The second-order valence-corrected chi connectivity index (χ2v) is 12.2. The molecule has 1 aliphatic heterocycles. The van der Waals surface area contributed by atoms with Crippen molar-refractivity contribution in [2.24, 2.45) is 0 Å². The molecule has 5 rings (SSSR count). The van der Waals surface area contributed by atoms with E-state index < -0.39 is 76.6 Å². The molecule has 3 aliphatic rings. The van der Waals surface area contributed by atoms with Gasteiger partial charge in [-0.1, -0.05) is 12.1 Å². The second kappa shape index (κ2) is 9.88. The molecule has 11 nitrogen and oxygen atoms in total. The molecule has 0 amide bonds. The lowest BCUT2D eigenvalue weighted by Gasteiger charge is -2.46. The molecule has 220 valence electrons. The highest BCUT2D eigenvalue weighted by atomic mass is 16.7. The minimum atomic E-state index is -1.99. The third-order valence-corrected chi connectivity index (χ3v) is 8.72. The van der Waals surface area contributed by atoms with E-state index in [0.29, 0.717) is 4.48 Å². The van der Waals surface area contributed by atoms with Gasteiger partial charge in [-0.3, -0.25) is 14.4 Å². The summed E-state index contributed by atoms with van der Waals surface area (Å²) in [7, 11) is 7.14. The normalized spacial score (nSPS) is 29.4. The van der Waals surface area contributed by atoms with Gasteiger partial charge in [0.05, 0.1) is 63.6 Å². The molecule has 0 saturated carbocycles. The standard InChI is InChI=1S/C30H35NO10/c1-13-25(33)17(31(3,4)5)10-20(40-13)41-19-12-30(38,14(2)32)11-16-22(19)29(37)24-23(27(16)35)26(34)15-8-7-9-18(39-6)21(15)28(24)36/h7-9,13,17,19-20,25,33,38H,10-12H2,1-6H3,(H-,34,35,36,37)/p+1/t13-,17-,19-,20+,25+,30-/m0/s1. The second-order valence-electron chi connectivity index (χ2n) is 12.2. The molecule has 2 aromatic rings. The zero-order valence-corrected chi connectivity index (χ0v) is 23.9. The number of methoxy groups -OCH3 is 1. The Morgan fingerprint density at radius 2 is 1.73 bits per heavy atom. The number of carbonyl (C=O) groups excluding carboxylic acids is 3. The maximum absolute atomic E-state index is 13.8. The molecule has 1 heterocycles. The zero-order chi connectivity index (χ0) is 30.2. The van der Waals surface area contributed by atoms with Gasteiger partial charge >= 0.3 is 0 Å². The first-order valence-corrected chi connectivity index (χ1v) is 13.5.